The Kier molecular flexibility index (Phi) is 5.77. The van der Waals surface area contributed by atoms with E-state index in [9.17, 15) is 10.5 Å². The third-order valence-electron chi connectivity index (χ3n) is 3.38. The Balaban J connectivity index is 2.34. The highest BCUT2D eigenvalue weighted by Crippen LogP contribution is 2.20. The van der Waals surface area contributed by atoms with Crippen molar-refractivity contribution in [1.82, 2.24) is 0 Å². The van der Waals surface area contributed by atoms with Crippen LogP contribution in [0.15, 0.2) is 59.7 Å². The molecule has 118 valence electrons. The van der Waals surface area contributed by atoms with Crippen LogP contribution in [0.3, 0.4) is 0 Å². The van der Waals surface area contributed by atoms with Crippen LogP contribution in [0.2, 0.25) is 0 Å². The number of nitriles is 2. The standard InChI is InChI=1S/C20H16N2O2/c1-23-19-7-3-15(4-8-19)11-17(13-21)18(14-22)12-16-5-9-20(24-2)10-6-16/h3-12H,1-2H3/b17-11+,18-12+. The maximum Gasteiger partial charge on any atom is 0.118 e. The fourth-order valence-corrected chi connectivity index (χ4v) is 2.07. The summed E-state index contributed by atoms with van der Waals surface area (Å²) < 4.78 is 10.2. The first-order valence-corrected chi connectivity index (χ1v) is 7.22. The Labute approximate surface area is 141 Å². The molecular weight excluding hydrogens is 300 g/mol. The molecule has 0 aliphatic carbocycles. The first-order valence-electron chi connectivity index (χ1n) is 7.22. The summed E-state index contributed by atoms with van der Waals surface area (Å²) in [4.78, 5) is 0. The molecule has 0 spiro atoms. The van der Waals surface area contributed by atoms with Gasteiger partial charge in [-0.3, -0.25) is 0 Å². The van der Waals surface area contributed by atoms with E-state index < -0.39 is 0 Å². The van der Waals surface area contributed by atoms with Gasteiger partial charge >= 0.3 is 0 Å². The lowest BCUT2D eigenvalue weighted by atomic mass is 10.0. The summed E-state index contributed by atoms with van der Waals surface area (Å²) in [5.41, 5.74) is 2.25. The van der Waals surface area contributed by atoms with Crippen molar-refractivity contribution in [3.63, 3.8) is 0 Å². The molecule has 0 radical (unpaired) electrons. The Morgan fingerprint density at radius 2 is 1.04 bits per heavy atom. The summed E-state index contributed by atoms with van der Waals surface area (Å²) in [6.45, 7) is 0. The van der Waals surface area contributed by atoms with Crippen molar-refractivity contribution < 1.29 is 9.47 Å². The van der Waals surface area contributed by atoms with Gasteiger partial charge in [-0.1, -0.05) is 24.3 Å². The maximum atomic E-state index is 9.39. The van der Waals surface area contributed by atoms with E-state index in [0.29, 0.717) is 11.1 Å². The SMILES string of the molecule is COc1ccc(/C=C(C#N)/C(C#N)=C/c2ccc(OC)cc2)cc1. The smallest absolute Gasteiger partial charge is 0.118 e. The van der Waals surface area contributed by atoms with Gasteiger partial charge in [0.1, 0.15) is 23.6 Å². The normalized spacial score (nSPS) is 11.3. The van der Waals surface area contributed by atoms with Crippen molar-refractivity contribution in [2.45, 2.75) is 0 Å². The number of nitrogens with zero attached hydrogens (tertiary/aromatic N) is 2. The quantitative estimate of drug-likeness (QED) is 0.612. The van der Waals surface area contributed by atoms with Gasteiger partial charge in [-0.25, -0.2) is 0 Å². The molecule has 0 amide bonds. The molecule has 2 rings (SSSR count). The molecule has 0 aliphatic heterocycles. The van der Waals surface area contributed by atoms with Crippen LogP contribution >= 0.6 is 0 Å². The minimum absolute atomic E-state index is 0.304. The largest absolute Gasteiger partial charge is 0.497 e. The molecule has 0 unspecified atom stereocenters. The van der Waals surface area contributed by atoms with E-state index in [-0.39, 0.29) is 0 Å². The number of allylic oxidation sites excluding steroid dienone is 2. The zero-order valence-corrected chi connectivity index (χ0v) is 13.5. The molecule has 4 heteroatoms. The Morgan fingerprint density at radius 1 is 0.708 bits per heavy atom. The summed E-state index contributed by atoms with van der Waals surface area (Å²) in [6, 6.07) is 18.7. The Bertz CT molecular complexity index is 760. The minimum Gasteiger partial charge on any atom is -0.497 e. The fraction of sp³-hybridized carbons (Fsp3) is 0.100. The lowest BCUT2D eigenvalue weighted by Gasteiger charge is -2.02. The molecule has 2 aromatic carbocycles. The van der Waals surface area contributed by atoms with Crippen LogP contribution in [0.25, 0.3) is 12.2 Å². The minimum atomic E-state index is 0.304. The van der Waals surface area contributed by atoms with Crippen LogP contribution < -0.4 is 9.47 Å². The topological polar surface area (TPSA) is 66.0 Å². The monoisotopic (exact) mass is 316 g/mol. The lowest BCUT2D eigenvalue weighted by Crippen LogP contribution is -1.87. The molecule has 0 heterocycles. The van der Waals surface area contributed by atoms with Crippen molar-refractivity contribution in [1.29, 1.82) is 10.5 Å². The van der Waals surface area contributed by atoms with Gasteiger partial charge < -0.3 is 9.47 Å². The van der Waals surface area contributed by atoms with E-state index in [1.165, 1.54) is 0 Å². The van der Waals surface area contributed by atoms with Gasteiger partial charge in [0.25, 0.3) is 0 Å². The number of hydrogen-bond donors (Lipinski definition) is 0. The van der Waals surface area contributed by atoms with Crippen LogP contribution in [0, 0.1) is 22.7 Å². The molecule has 0 aromatic heterocycles. The van der Waals surface area contributed by atoms with Crippen molar-refractivity contribution >= 4 is 12.2 Å². The molecule has 0 fully saturated rings. The number of methoxy groups -OCH3 is 2. The second-order valence-electron chi connectivity index (χ2n) is 4.89. The molecular formula is C20H16N2O2. The van der Waals surface area contributed by atoms with Crippen LogP contribution in [0.5, 0.6) is 11.5 Å². The number of ether oxygens (including phenoxy) is 2. The molecule has 0 saturated heterocycles. The first-order chi connectivity index (χ1) is 11.7. The van der Waals surface area contributed by atoms with Gasteiger partial charge in [-0.05, 0) is 47.5 Å². The second kappa shape index (κ2) is 8.22. The van der Waals surface area contributed by atoms with Crippen molar-refractivity contribution in [3.05, 3.63) is 70.8 Å². The molecule has 0 bridgehead atoms. The predicted octanol–water partition coefficient (Wildman–Crippen LogP) is 4.22. The Morgan fingerprint density at radius 3 is 1.29 bits per heavy atom. The van der Waals surface area contributed by atoms with Gasteiger partial charge in [0.2, 0.25) is 0 Å². The molecule has 24 heavy (non-hydrogen) atoms. The number of benzene rings is 2. The maximum absolute atomic E-state index is 9.39. The first kappa shape index (κ1) is 16.9. The average Bonchev–Trinajstić information content (AvgIpc) is 2.65. The molecule has 2 aromatic rings. The number of hydrogen-bond acceptors (Lipinski definition) is 4. The molecule has 0 N–H and O–H groups in total. The van der Waals surface area contributed by atoms with Crippen LogP contribution in [0.1, 0.15) is 11.1 Å². The molecule has 0 atom stereocenters. The molecule has 0 saturated carbocycles. The highest BCUT2D eigenvalue weighted by Gasteiger charge is 2.05. The molecule has 0 aliphatic rings. The van der Waals surface area contributed by atoms with E-state index in [1.807, 2.05) is 24.3 Å². The summed E-state index contributed by atoms with van der Waals surface area (Å²) in [7, 11) is 3.19. The zero-order valence-electron chi connectivity index (χ0n) is 13.5. The van der Waals surface area contributed by atoms with Gasteiger partial charge in [-0.15, -0.1) is 0 Å². The average molecular weight is 316 g/mol. The summed E-state index contributed by atoms with van der Waals surface area (Å²) in [5.74, 6) is 1.47. The van der Waals surface area contributed by atoms with Crippen LogP contribution in [0.4, 0.5) is 0 Å². The highest BCUT2D eigenvalue weighted by atomic mass is 16.5. The second-order valence-corrected chi connectivity index (χ2v) is 4.89. The van der Waals surface area contributed by atoms with Crippen molar-refractivity contribution in [2.75, 3.05) is 14.2 Å². The van der Waals surface area contributed by atoms with Gasteiger partial charge in [0, 0.05) is 0 Å². The van der Waals surface area contributed by atoms with Crippen molar-refractivity contribution in [2.24, 2.45) is 0 Å². The van der Waals surface area contributed by atoms with E-state index in [0.717, 1.165) is 22.6 Å². The third-order valence-corrected chi connectivity index (χ3v) is 3.38. The number of rotatable bonds is 5. The predicted molar refractivity (Wildman–Crippen MR) is 93.2 cm³/mol. The summed E-state index contributed by atoms with van der Waals surface area (Å²) >= 11 is 0. The van der Waals surface area contributed by atoms with Gasteiger partial charge in [0.05, 0.1) is 25.4 Å². The fourth-order valence-electron chi connectivity index (χ4n) is 2.07. The van der Waals surface area contributed by atoms with Crippen LogP contribution in [-0.4, -0.2) is 14.2 Å². The van der Waals surface area contributed by atoms with E-state index in [1.54, 1.807) is 50.6 Å². The molecule has 4 nitrogen and oxygen atoms in total. The zero-order chi connectivity index (χ0) is 17.4. The highest BCUT2D eigenvalue weighted by molar-refractivity contribution is 5.74. The van der Waals surface area contributed by atoms with Gasteiger partial charge in [0.15, 0.2) is 0 Å². The Hall–Kier alpha value is -3.50. The van der Waals surface area contributed by atoms with Gasteiger partial charge in [-0.2, -0.15) is 10.5 Å². The van der Waals surface area contributed by atoms with E-state index in [4.69, 9.17) is 9.47 Å². The lowest BCUT2D eigenvalue weighted by molar-refractivity contribution is 0.414. The summed E-state index contributed by atoms with van der Waals surface area (Å²) in [5, 5.41) is 18.8. The summed E-state index contributed by atoms with van der Waals surface area (Å²) in [6.07, 6.45) is 3.36. The van der Waals surface area contributed by atoms with E-state index in [2.05, 4.69) is 12.1 Å². The van der Waals surface area contributed by atoms with E-state index >= 15 is 0 Å². The van der Waals surface area contributed by atoms with Crippen LogP contribution in [-0.2, 0) is 0 Å². The van der Waals surface area contributed by atoms with Crippen molar-refractivity contribution in [3.8, 4) is 23.6 Å². The third kappa shape index (κ3) is 4.25.